The van der Waals surface area contributed by atoms with Gasteiger partial charge in [0.15, 0.2) is 0 Å². The molecule has 1 heterocycles. The van der Waals surface area contributed by atoms with Crippen molar-refractivity contribution >= 4 is 0 Å². The highest BCUT2D eigenvalue weighted by Crippen LogP contribution is 2.23. The Morgan fingerprint density at radius 3 is 2.58 bits per heavy atom. The maximum atomic E-state index is 13.1. The van der Waals surface area contributed by atoms with Crippen molar-refractivity contribution in [2.24, 2.45) is 5.92 Å². The lowest BCUT2D eigenvalue weighted by atomic mass is 9.92. The standard InChI is InChI=1S/C15H22FNO2/c1-11(18)12-5-7-17(8-6-12)10-15(19)13-3-2-4-14(16)9-13/h2-4,9,11-12,15,18-19H,5-8,10H2,1H3. The van der Waals surface area contributed by atoms with Gasteiger partial charge < -0.3 is 15.1 Å². The second-order valence-corrected chi connectivity index (χ2v) is 5.45. The molecule has 0 aromatic heterocycles. The van der Waals surface area contributed by atoms with E-state index >= 15 is 0 Å². The molecule has 1 aromatic rings. The molecule has 0 bridgehead atoms. The van der Waals surface area contributed by atoms with Gasteiger partial charge in [0.25, 0.3) is 0 Å². The zero-order valence-electron chi connectivity index (χ0n) is 11.3. The Hall–Kier alpha value is -0.970. The second-order valence-electron chi connectivity index (χ2n) is 5.45. The number of hydrogen-bond donors (Lipinski definition) is 2. The molecule has 2 N–H and O–H groups in total. The third-order valence-electron chi connectivity index (χ3n) is 3.98. The Morgan fingerprint density at radius 1 is 1.32 bits per heavy atom. The fraction of sp³-hybridized carbons (Fsp3) is 0.600. The average molecular weight is 267 g/mol. The Kier molecular flexibility index (Phi) is 4.91. The summed E-state index contributed by atoms with van der Waals surface area (Å²) >= 11 is 0. The highest BCUT2D eigenvalue weighted by atomic mass is 19.1. The summed E-state index contributed by atoms with van der Waals surface area (Å²) in [6.07, 6.45) is 0.996. The summed E-state index contributed by atoms with van der Waals surface area (Å²) in [5.74, 6) is 0.0481. The van der Waals surface area contributed by atoms with Gasteiger partial charge in [-0.15, -0.1) is 0 Å². The first-order valence-electron chi connectivity index (χ1n) is 6.90. The zero-order chi connectivity index (χ0) is 13.8. The van der Waals surface area contributed by atoms with Crippen LogP contribution in [0.3, 0.4) is 0 Å². The molecule has 2 atom stereocenters. The third kappa shape index (κ3) is 4.00. The largest absolute Gasteiger partial charge is 0.393 e. The van der Waals surface area contributed by atoms with Crippen molar-refractivity contribution in [2.45, 2.75) is 32.0 Å². The zero-order valence-corrected chi connectivity index (χ0v) is 11.3. The summed E-state index contributed by atoms with van der Waals surface area (Å²) in [6, 6.07) is 6.13. The molecule has 0 aliphatic carbocycles. The maximum absolute atomic E-state index is 13.1. The summed E-state index contributed by atoms with van der Waals surface area (Å²) in [5.41, 5.74) is 0.623. The minimum absolute atomic E-state index is 0.254. The number of hydrogen-bond acceptors (Lipinski definition) is 3. The molecule has 1 aliphatic heterocycles. The Labute approximate surface area is 113 Å². The van der Waals surface area contributed by atoms with Crippen LogP contribution in [0.5, 0.6) is 0 Å². The predicted octanol–water partition coefficient (Wildman–Crippen LogP) is 1.95. The van der Waals surface area contributed by atoms with Crippen LogP contribution in [0.2, 0.25) is 0 Å². The molecule has 2 rings (SSSR count). The van der Waals surface area contributed by atoms with Crippen molar-refractivity contribution in [1.29, 1.82) is 0 Å². The van der Waals surface area contributed by atoms with E-state index in [4.69, 9.17) is 0 Å². The Morgan fingerprint density at radius 2 is 2.00 bits per heavy atom. The van der Waals surface area contributed by atoms with Crippen LogP contribution in [-0.2, 0) is 0 Å². The van der Waals surface area contributed by atoms with E-state index in [-0.39, 0.29) is 11.9 Å². The van der Waals surface area contributed by atoms with E-state index < -0.39 is 6.10 Å². The molecule has 1 aromatic carbocycles. The molecule has 3 nitrogen and oxygen atoms in total. The summed E-state index contributed by atoms with van der Waals surface area (Å²) < 4.78 is 13.1. The van der Waals surface area contributed by atoms with Crippen LogP contribution in [0.1, 0.15) is 31.4 Å². The van der Waals surface area contributed by atoms with E-state index in [9.17, 15) is 14.6 Å². The highest BCUT2D eigenvalue weighted by Gasteiger charge is 2.24. The number of rotatable bonds is 4. The molecule has 4 heteroatoms. The maximum Gasteiger partial charge on any atom is 0.123 e. The third-order valence-corrected chi connectivity index (χ3v) is 3.98. The predicted molar refractivity (Wildman–Crippen MR) is 72.2 cm³/mol. The van der Waals surface area contributed by atoms with Crippen molar-refractivity contribution in [3.8, 4) is 0 Å². The molecule has 0 radical (unpaired) electrons. The van der Waals surface area contributed by atoms with Crippen molar-refractivity contribution < 1.29 is 14.6 Å². The summed E-state index contributed by atoms with van der Waals surface area (Å²) in [4.78, 5) is 2.18. The fourth-order valence-electron chi connectivity index (χ4n) is 2.68. The van der Waals surface area contributed by atoms with Crippen LogP contribution < -0.4 is 0 Å². The average Bonchev–Trinajstić information content (AvgIpc) is 2.39. The van der Waals surface area contributed by atoms with E-state index in [0.29, 0.717) is 18.0 Å². The van der Waals surface area contributed by atoms with Gasteiger partial charge in [-0.3, -0.25) is 0 Å². The molecule has 0 spiro atoms. The van der Waals surface area contributed by atoms with Gasteiger partial charge in [0.2, 0.25) is 0 Å². The summed E-state index contributed by atoms with van der Waals surface area (Å²) in [7, 11) is 0. The molecule has 0 saturated carbocycles. The van der Waals surface area contributed by atoms with E-state index in [1.807, 2.05) is 6.92 Å². The van der Waals surface area contributed by atoms with Gasteiger partial charge in [-0.2, -0.15) is 0 Å². The SMILES string of the molecule is CC(O)C1CCN(CC(O)c2cccc(F)c2)CC1. The van der Waals surface area contributed by atoms with E-state index in [1.165, 1.54) is 12.1 Å². The number of β-amino-alcohol motifs (C(OH)–C–C–N with tert-alkyl or cyclic N) is 1. The second kappa shape index (κ2) is 6.46. The Bertz CT molecular complexity index is 403. The number of aliphatic hydroxyl groups excluding tert-OH is 2. The number of piperidine rings is 1. The first-order chi connectivity index (χ1) is 9.06. The first-order valence-corrected chi connectivity index (χ1v) is 6.90. The summed E-state index contributed by atoms with van der Waals surface area (Å²) in [6.45, 7) is 4.11. The number of likely N-dealkylation sites (tertiary alicyclic amines) is 1. The van der Waals surface area contributed by atoms with E-state index in [0.717, 1.165) is 25.9 Å². The van der Waals surface area contributed by atoms with Gasteiger partial charge in [0, 0.05) is 6.54 Å². The van der Waals surface area contributed by atoms with Gasteiger partial charge >= 0.3 is 0 Å². The monoisotopic (exact) mass is 267 g/mol. The number of nitrogens with zero attached hydrogens (tertiary/aromatic N) is 1. The number of benzene rings is 1. The molecule has 0 amide bonds. The minimum Gasteiger partial charge on any atom is -0.393 e. The Balaban J connectivity index is 1.85. The van der Waals surface area contributed by atoms with Crippen LogP contribution in [0.25, 0.3) is 0 Å². The summed E-state index contributed by atoms with van der Waals surface area (Å²) in [5, 5.41) is 19.7. The smallest absolute Gasteiger partial charge is 0.123 e. The van der Waals surface area contributed by atoms with Gasteiger partial charge in [0.1, 0.15) is 5.82 Å². The van der Waals surface area contributed by atoms with E-state index in [1.54, 1.807) is 12.1 Å². The highest BCUT2D eigenvalue weighted by molar-refractivity contribution is 5.19. The molecular formula is C15H22FNO2. The van der Waals surface area contributed by atoms with Gasteiger partial charge in [-0.1, -0.05) is 12.1 Å². The molecule has 19 heavy (non-hydrogen) atoms. The van der Waals surface area contributed by atoms with Crippen LogP contribution >= 0.6 is 0 Å². The molecular weight excluding hydrogens is 245 g/mol. The minimum atomic E-state index is -0.654. The lowest BCUT2D eigenvalue weighted by Crippen LogP contribution is -2.39. The van der Waals surface area contributed by atoms with Crippen LogP contribution in [0.15, 0.2) is 24.3 Å². The van der Waals surface area contributed by atoms with Gasteiger partial charge in [0.05, 0.1) is 12.2 Å². The van der Waals surface area contributed by atoms with Crippen LogP contribution in [0, 0.1) is 11.7 Å². The van der Waals surface area contributed by atoms with Crippen LogP contribution in [0.4, 0.5) is 4.39 Å². The lowest BCUT2D eigenvalue weighted by molar-refractivity contribution is 0.0485. The van der Waals surface area contributed by atoms with Crippen molar-refractivity contribution in [3.63, 3.8) is 0 Å². The normalized spacial score (nSPS) is 21.3. The van der Waals surface area contributed by atoms with E-state index in [2.05, 4.69) is 4.90 Å². The quantitative estimate of drug-likeness (QED) is 0.876. The topological polar surface area (TPSA) is 43.7 Å². The van der Waals surface area contributed by atoms with Gasteiger partial charge in [-0.05, 0) is 56.5 Å². The van der Waals surface area contributed by atoms with Crippen LogP contribution in [-0.4, -0.2) is 40.9 Å². The van der Waals surface area contributed by atoms with Crippen molar-refractivity contribution in [1.82, 2.24) is 4.90 Å². The molecule has 106 valence electrons. The molecule has 1 fully saturated rings. The first kappa shape index (κ1) is 14.4. The lowest BCUT2D eigenvalue weighted by Gasteiger charge is -2.34. The molecule has 2 unspecified atom stereocenters. The van der Waals surface area contributed by atoms with Crippen molar-refractivity contribution in [3.05, 3.63) is 35.6 Å². The number of aliphatic hydroxyl groups is 2. The van der Waals surface area contributed by atoms with Crippen molar-refractivity contribution in [2.75, 3.05) is 19.6 Å². The van der Waals surface area contributed by atoms with Gasteiger partial charge in [-0.25, -0.2) is 4.39 Å². The number of halogens is 1. The molecule has 1 aliphatic rings. The molecule has 1 saturated heterocycles. The fourth-order valence-corrected chi connectivity index (χ4v) is 2.68.